The highest BCUT2D eigenvalue weighted by Gasteiger charge is 2.34. The number of hydrogen-bond donors (Lipinski definition) is 1. The summed E-state index contributed by atoms with van der Waals surface area (Å²) >= 11 is 0. The van der Waals surface area contributed by atoms with Crippen molar-refractivity contribution in [2.75, 3.05) is 24.5 Å². The van der Waals surface area contributed by atoms with Gasteiger partial charge in [0, 0.05) is 6.54 Å². The number of amides is 3. The molecule has 6 nitrogen and oxygen atoms in total. The molecular weight excluding hydrogens is 426 g/mol. The lowest BCUT2D eigenvalue weighted by Crippen LogP contribution is -2.30. The molecule has 0 bridgehead atoms. The van der Waals surface area contributed by atoms with Crippen LogP contribution in [0.2, 0.25) is 0 Å². The van der Waals surface area contributed by atoms with E-state index in [0.717, 1.165) is 29.2 Å². The van der Waals surface area contributed by atoms with Gasteiger partial charge in [-0.1, -0.05) is 42.5 Å². The number of ether oxygens (including phenoxy) is 1. The molecular formula is C28H27N3O3. The van der Waals surface area contributed by atoms with Crippen LogP contribution >= 0.6 is 0 Å². The summed E-state index contributed by atoms with van der Waals surface area (Å²) in [5.41, 5.74) is 2.90. The summed E-state index contributed by atoms with van der Waals surface area (Å²) in [7, 11) is 0. The van der Waals surface area contributed by atoms with Gasteiger partial charge in [-0.15, -0.1) is 0 Å². The maximum atomic E-state index is 13.0. The van der Waals surface area contributed by atoms with Crippen molar-refractivity contribution in [3.05, 3.63) is 95.7 Å². The third-order valence-electron chi connectivity index (χ3n) is 6.16. The molecule has 0 aromatic heterocycles. The van der Waals surface area contributed by atoms with Crippen LogP contribution < -0.4 is 15.0 Å². The van der Waals surface area contributed by atoms with E-state index in [9.17, 15) is 9.59 Å². The maximum Gasteiger partial charge on any atom is 0.333 e. The van der Waals surface area contributed by atoms with Crippen molar-refractivity contribution in [1.29, 1.82) is 0 Å². The number of carbonyl (C=O) groups is 2. The van der Waals surface area contributed by atoms with E-state index in [2.05, 4.69) is 22.3 Å². The number of nitrogens with one attached hydrogen (secondary N) is 1. The Kier molecular flexibility index (Phi) is 6.40. The topological polar surface area (TPSA) is 61.9 Å². The van der Waals surface area contributed by atoms with E-state index < -0.39 is 6.03 Å². The van der Waals surface area contributed by atoms with Gasteiger partial charge in [-0.3, -0.25) is 4.79 Å². The quantitative estimate of drug-likeness (QED) is 0.394. The summed E-state index contributed by atoms with van der Waals surface area (Å²) < 4.78 is 5.79. The van der Waals surface area contributed by atoms with E-state index in [1.807, 2.05) is 42.5 Å². The number of nitrogens with zero attached hydrogens (tertiary/aromatic N) is 2. The van der Waals surface area contributed by atoms with Gasteiger partial charge in [0.2, 0.25) is 0 Å². The molecule has 0 atom stereocenters. The predicted octanol–water partition coefficient (Wildman–Crippen LogP) is 5.21. The molecule has 0 saturated carbocycles. The third kappa shape index (κ3) is 5.02. The highest BCUT2D eigenvalue weighted by Crippen LogP contribution is 2.27. The largest absolute Gasteiger partial charge is 0.457 e. The van der Waals surface area contributed by atoms with Crippen LogP contribution in [0, 0.1) is 0 Å². The van der Waals surface area contributed by atoms with E-state index in [0.29, 0.717) is 11.4 Å². The molecule has 0 unspecified atom stereocenters. The van der Waals surface area contributed by atoms with Crippen LogP contribution in [-0.4, -0.2) is 36.5 Å². The fraction of sp³-hybridized carbons (Fsp3) is 0.214. The standard InChI is InChI=1S/C28H27N3O3/c32-27-26(20-22-10-8-21(9-11-22)16-19-30-17-4-5-18-30)29-28(33)31(27)23-12-14-25(15-13-23)34-24-6-2-1-3-7-24/h1-3,6-15,20H,4-5,16-19H2,(H,29,33)/b26-20+. The van der Waals surface area contributed by atoms with Crippen LogP contribution in [-0.2, 0) is 11.2 Å². The van der Waals surface area contributed by atoms with E-state index in [1.54, 1.807) is 30.3 Å². The molecule has 3 amide bonds. The van der Waals surface area contributed by atoms with Gasteiger partial charge in [-0.25, -0.2) is 9.69 Å². The van der Waals surface area contributed by atoms with Crippen molar-refractivity contribution >= 4 is 23.7 Å². The average Bonchev–Trinajstić information content (AvgIpc) is 3.48. The molecule has 2 aliphatic rings. The molecule has 1 N–H and O–H groups in total. The van der Waals surface area contributed by atoms with E-state index in [1.165, 1.54) is 31.5 Å². The zero-order valence-electron chi connectivity index (χ0n) is 18.9. The summed E-state index contributed by atoms with van der Waals surface area (Å²) in [6, 6.07) is 24.0. The first-order valence-electron chi connectivity index (χ1n) is 11.7. The van der Waals surface area contributed by atoms with Gasteiger partial charge in [-0.2, -0.15) is 0 Å². The molecule has 3 aromatic carbocycles. The van der Waals surface area contributed by atoms with E-state index in [4.69, 9.17) is 4.74 Å². The van der Waals surface area contributed by atoms with Crippen molar-refractivity contribution in [3.63, 3.8) is 0 Å². The van der Waals surface area contributed by atoms with Gasteiger partial charge >= 0.3 is 6.03 Å². The van der Waals surface area contributed by atoms with Crippen LogP contribution in [0.1, 0.15) is 24.0 Å². The molecule has 0 radical (unpaired) electrons. The van der Waals surface area contributed by atoms with Gasteiger partial charge in [-0.05, 0) is 86.0 Å². The Bertz CT molecular complexity index is 1180. The number of likely N-dealkylation sites (tertiary alicyclic amines) is 1. The first-order valence-corrected chi connectivity index (χ1v) is 11.7. The molecule has 172 valence electrons. The first kappa shape index (κ1) is 21.9. The van der Waals surface area contributed by atoms with Crippen LogP contribution in [0.25, 0.3) is 6.08 Å². The fourth-order valence-electron chi connectivity index (χ4n) is 4.30. The molecule has 5 rings (SSSR count). The molecule has 2 fully saturated rings. The smallest absolute Gasteiger partial charge is 0.333 e. The van der Waals surface area contributed by atoms with Gasteiger partial charge in [0.05, 0.1) is 5.69 Å². The Morgan fingerprint density at radius 3 is 2.21 bits per heavy atom. The van der Waals surface area contributed by atoms with Crippen LogP contribution in [0.15, 0.2) is 84.6 Å². The molecule has 6 heteroatoms. The Hall–Kier alpha value is -3.90. The third-order valence-corrected chi connectivity index (χ3v) is 6.16. The summed E-state index contributed by atoms with van der Waals surface area (Å²) in [6.07, 6.45) is 5.34. The lowest BCUT2D eigenvalue weighted by atomic mass is 10.1. The van der Waals surface area contributed by atoms with E-state index in [-0.39, 0.29) is 11.6 Å². The number of hydrogen-bond acceptors (Lipinski definition) is 4. The zero-order chi connectivity index (χ0) is 23.3. The molecule has 3 aromatic rings. The maximum absolute atomic E-state index is 13.0. The summed E-state index contributed by atoms with van der Waals surface area (Å²) in [4.78, 5) is 29.1. The number of para-hydroxylation sites is 1. The van der Waals surface area contributed by atoms with Crippen LogP contribution in [0.3, 0.4) is 0 Å². The minimum Gasteiger partial charge on any atom is -0.457 e. The highest BCUT2D eigenvalue weighted by atomic mass is 16.5. The molecule has 2 heterocycles. The number of carbonyl (C=O) groups excluding carboxylic acids is 2. The van der Waals surface area contributed by atoms with E-state index >= 15 is 0 Å². The predicted molar refractivity (Wildman–Crippen MR) is 133 cm³/mol. The number of rotatable bonds is 7. The second-order valence-electron chi connectivity index (χ2n) is 8.58. The van der Waals surface area contributed by atoms with Gasteiger partial charge in [0.25, 0.3) is 5.91 Å². The van der Waals surface area contributed by atoms with Gasteiger partial charge < -0.3 is 15.0 Å². The second kappa shape index (κ2) is 9.93. The van der Waals surface area contributed by atoms with Crippen molar-refractivity contribution in [2.45, 2.75) is 19.3 Å². The molecule has 2 saturated heterocycles. The number of benzene rings is 3. The Labute approximate surface area is 199 Å². The van der Waals surface area contributed by atoms with Crippen LogP contribution in [0.5, 0.6) is 11.5 Å². The number of urea groups is 1. The molecule has 2 aliphatic heterocycles. The first-order chi connectivity index (χ1) is 16.7. The molecule has 0 spiro atoms. The molecule has 0 aliphatic carbocycles. The summed E-state index contributed by atoms with van der Waals surface area (Å²) in [6.45, 7) is 3.48. The van der Waals surface area contributed by atoms with Crippen molar-refractivity contribution < 1.29 is 14.3 Å². The lowest BCUT2D eigenvalue weighted by Gasteiger charge is -2.14. The van der Waals surface area contributed by atoms with Crippen LogP contribution in [0.4, 0.5) is 10.5 Å². The summed E-state index contributed by atoms with van der Waals surface area (Å²) in [5, 5.41) is 2.69. The normalized spacial score (nSPS) is 17.4. The van der Waals surface area contributed by atoms with Crippen molar-refractivity contribution in [1.82, 2.24) is 10.2 Å². The fourth-order valence-corrected chi connectivity index (χ4v) is 4.30. The van der Waals surface area contributed by atoms with Crippen molar-refractivity contribution in [3.8, 4) is 11.5 Å². The van der Waals surface area contributed by atoms with Crippen molar-refractivity contribution in [2.24, 2.45) is 0 Å². The van der Waals surface area contributed by atoms with Gasteiger partial charge in [0.1, 0.15) is 17.2 Å². The Morgan fingerprint density at radius 1 is 0.824 bits per heavy atom. The number of imide groups is 1. The average molecular weight is 454 g/mol. The lowest BCUT2D eigenvalue weighted by molar-refractivity contribution is -0.113. The van der Waals surface area contributed by atoms with Gasteiger partial charge in [0.15, 0.2) is 0 Å². The monoisotopic (exact) mass is 453 g/mol. The number of anilines is 1. The highest BCUT2D eigenvalue weighted by molar-refractivity contribution is 6.28. The SMILES string of the molecule is O=C1N/C(=C/c2ccc(CCN3CCCC3)cc2)C(=O)N1c1ccc(Oc2ccccc2)cc1. The minimum absolute atomic E-state index is 0.263. The Balaban J connectivity index is 1.23. The Morgan fingerprint density at radius 2 is 1.50 bits per heavy atom. The zero-order valence-corrected chi connectivity index (χ0v) is 18.9. The second-order valence-corrected chi connectivity index (χ2v) is 8.58. The minimum atomic E-state index is -0.463. The molecule has 34 heavy (non-hydrogen) atoms. The summed E-state index contributed by atoms with van der Waals surface area (Å²) in [5.74, 6) is 0.972.